The molecule has 2 heterocycles. The molecule has 5 nitrogen and oxygen atoms in total. The van der Waals surface area contributed by atoms with Crippen molar-refractivity contribution in [2.75, 3.05) is 31.2 Å². The van der Waals surface area contributed by atoms with E-state index in [2.05, 4.69) is 9.97 Å². The van der Waals surface area contributed by atoms with Crippen molar-refractivity contribution in [1.82, 2.24) is 9.97 Å². The van der Waals surface area contributed by atoms with Gasteiger partial charge in [0.1, 0.15) is 0 Å². The Morgan fingerprint density at radius 2 is 1.67 bits per heavy atom. The van der Waals surface area contributed by atoms with E-state index in [-0.39, 0.29) is 16.1 Å². The van der Waals surface area contributed by atoms with Gasteiger partial charge in [0.25, 0.3) is 0 Å². The molecule has 15 heavy (non-hydrogen) atoms. The van der Waals surface area contributed by atoms with Crippen LogP contribution in [0.3, 0.4) is 0 Å². The van der Waals surface area contributed by atoms with Crippen molar-refractivity contribution in [3.63, 3.8) is 0 Å². The van der Waals surface area contributed by atoms with Gasteiger partial charge in [0.2, 0.25) is 5.95 Å². The Kier molecular flexibility index (Phi) is 3.14. The molecule has 1 N–H and O–H groups in total. The topological polar surface area (TPSA) is 58.5 Å². The van der Waals surface area contributed by atoms with Crippen LogP contribution >= 0.6 is 23.2 Å². The van der Waals surface area contributed by atoms with Crippen molar-refractivity contribution in [2.24, 2.45) is 0 Å². The van der Waals surface area contributed by atoms with Gasteiger partial charge in [-0.15, -0.1) is 0 Å². The van der Waals surface area contributed by atoms with Gasteiger partial charge in [0, 0.05) is 13.1 Å². The Hall–Kier alpha value is -0.780. The van der Waals surface area contributed by atoms with E-state index in [0.717, 1.165) is 0 Å². The van der Waals surface area contributed by atoms with Gasteiger partial charge in [-0.2, -0.15) is 9.97 Å². The van der Waals surface area contributed by atoms with Crippen molar-refractivity contribution >= 4 is 29.2 Å². The molecule has 2 rings (SSSR count). The van der Waals surface area contributed by atoms with E-state index in [4.69, 9.17) is 27.9 Å². The zero-order valence-corrected chi connectivity index (χ0v) is 9.29. The Morgan fingerprint density at radius 3 is 2.20 bits per heavy atom. The summed E-state index contributed by atoms with van der Waals surface area (Å²) in [6.45, 7) is 2.63. The Balaban J connectivity index is 2.27. The van der Waals surface area contributed by atoms with E-state index in [1.54, 1.807) is 0 Å². The minimum absolute atomic E-state index is 0.0310. The van der Waals surface area contributed by atoms with E-state index < -0.39 is 0 Å². The Bertz CT molecular complexity index is 346. The average molecular weight is 250 g/mol. The molecule has 0 unspecified atom stereocenters. The quantitative estimate of drug-likeness (QED) is 0.762. The summed E-state index contributed by atoms with van der Waals surface area (Å²) in [6.07, 6.45) is 0. The largest absolute Gasteiger partial charge is 0.503 e. The third-order valence-electron chi connectivity index (χ3n) is 2.08. The number of halogens is 2. The molecule has 7 heteroatoms. The molecular weight excluding hydrogens is 241 g/mol. The number of ether oxygens (including phenoxy) is 1. The van der Waals surface area contributed by atoms with E-state index in [1.807, 2.05) is 4.90 Å². The van der Waals surface area contributed by atoms with E-state index in [9.17, 15) is 5.11 Å². The molecule has 1 aromatic heterocycles. The summed E-state index contributed by atoms with van der Waals surface area (Å²) in [7, 11) is 0. The van der Waals surface area contributed by atoms with Crippen molar-refractivity contribution in [1.29, 1.82) is 0 Å². The van der Waals surface area contributed by atoms with Gasteiger partial charge < -0.3 is 14.7 Å². The smallest absolute Gasteiger partial charge is 0.228 e. The first-order valence-electron chi connectivity index (χ1n) is 4.43. The summed E-state index contributed by atoms with van der Waals surface area (Å²) in [5.41, 5.74) is 0. The first-order valence-corrected chi connectivity index (χ1v) is 5.19. The third kappa shape index (κ3) is 2.25. The van der Waals surface area contributed by atoms with Crippen LogP contribution in [0.25, 0.3) is 0 Å². The van der Waals surface area contributed by atoms with Crippen molar-refractivity contribution in [2.45, 2.75) is 0 Å². The zero-order chi connectivity index (χ0) is 10.8. The van der Waals surface area contributed by atoms with Gasteiger partial charge in [-0.1, -0.05) is 23.2 Å². The summed E-state index contributed by atoms with van der Waals surface area (Å²) in [4.78, 5) is 9.80. The molecule has 0 radical (unpaired) electrons. The van der Waals surface area contributed by atoms with Crippen LogP contribution in [-0.2, 0) is 4.74 Å². The number of aromatic nitrogens is 2. The van der Waals surface area contributed by atoms with Gasteiger partial charge >= 0.3 is 0 Å². The first-order chi connectivity index (χ1) is 7.18. The van der Waals surface area contributed by atoms with Crippen LogP contribution in [0.2, 0.25) is 10.3 Å². The monoisotopic (exact) mass is 249 g/mol. The lowest BCUT2D eigenvalue weighted by Crippen LogP contribution is -2.37. The lowest BCUT2D eigenvalue weighted by molar-refractivity contribution is 0.122. The second kappa shape index (κ2) is 4.38. The molecule has 0 spiro atoms. The Morgan fingerprint density at radius 1 is 1.13 bits per heavy atom. The molecule has 0 aliphatic carbocycles. The van der Waals surface area contributed by atoms with Crippen LogP contribution in [-0.4, -0.2) is 41.4 Å². The van der Waals surface area contributed by atoms with Crippen LogP contribution in [0, 0.1) is 0 Å². The molecule has 1 fully saturated rings. The zero-order valence-electron chi connectivity index (χ0n) is 7.78. The van der Waals surface area contributed by atoms with Crippen LogP contribution in [0.15, 0.2) is 0 Å². The maximum absolute atomic E-state index is 9.30. The van der Waals surface area contributed by atoms with E-state index in [0.29, 0.717) is 32.3 Å². The predicted octanol–water partition coefficient (Wildman–Crippen LogP) is 1.33. The van der Waals surface area contributed by atoms with Gasteiger partial charge in [-0.25, -0.2) is 0 Å². The minimum atomic E-state index is -0.282. The molecule has 0 atom stereocenters. The van der Waals surface area contributed by atoms with Crippen LogP contribution < -0.4 is 4.90 Å². The summed E-state index contributed by atoms with van der Waals surface area (Å²) in [5.74, 6) is 0.140. The molecular formula is C8H9Cl2N3O2. The summed E-state index contributed by atoms with van der Waals surface area (Å²) >= 11 is 11.4. The minimum Gasteiger partial charge on any atom is -0.503 e. The number of hydrogen-bond donors (Lipinski definition) is 1. The summed E-state index contributed by atoms with van der Waals surface area (Å²) in [6, 6.07) is 0. The molecule has 1 aliphatic heterocycles. The SMILES string of the molecule is Oc1c(Cl)nc(N2CCOCC2)nc1Cl. The van der Waals surface area contributed by atoms with Crippen molar-refractivity contribution in [3.05, 3.63) is 10.3 Å². The standard InChI is InChI=1S/C8H9Cl2N3O2/c9-6-5(14)7(10)12-8(11-6)13-1-3-15-4-2-13/h14H,1-4H2. The first kappa shape index (κ1) is 10.7. The molecule has 1 aliphatic rings. The van der Waals surface area contributed by atoms with E-state index >= 15 is 0 Å². The normalized spacial score (nSPS) is 16.8. The maximum atomic E-state index is 9.30. The molecule has 1 aromatic rings. The molecule has 0 aromatic carbocycles. The lowest BCUT2D eigenvalue weighted by atomic mass is 10.4. The highest BCUT2D eigenvalue weighted by Crippen LogP contribution is 2.30. The summed E-state index contributed by atoms with van der Waals surface area (Å²) < 4.78 is 5.19. The maximum Gasteiger partial charge on any atom is 0.228 e. The number of anilines is 1. The fourth-order valence-corrected chi connectivity index (χ4v) is 1.67. The summed E-state index contributed by atoms with van der Waals surface area (Å²) in [5, 5.41) is 9.23. The molecule has 0 saturated carbocycles. The highest BCUT2D eigenvalue weighted by Gasteiger charge is 2.17. The van der Waals surface area contributed by atoms with Crippen molar-refractivity contribution < 1.29 is 9.84 Å². The van der Waals surface area contributed by atoms with Crippen LogP contribution in [0.5, 0.6) is 5.75 Å². The number of rotatable bonds is 1. The molecule has 82 valence electrons. The number of nitrogens with zero attached hydrogens (tertiary/aromatic N) is 3. The predicted molar refractivity (Wildman–Crippen MR) is 56.7 cm³/mol. The molecule has 1 saturated heterocycles. The number of morpholine rings is 1. The lowest BCUT2D eigenvalue weighted by Gasteiger charge is -2.26. The highest BCUT2D eigenvalue weighted by molar-refractivity contribution is 6.35. The van der Waals surface area contributed by atoms with Crippen LogP contribution in [0.4, 0.5) is 5.95 Å². The van der Waals surface area contributed by atoms with Gasteiger partial charge in [-0.05, 0) is 0 Å². The van der Waals surface area contributed by atoms with Crippen LogP contribution in [0.1, 0.15) is 0 Å². The second-order valence-corrected chi connectivity index (χ2v) is 3.77. The average Bonchev–Trinajstić information content (AvgIpc) is 2.26. The van der Waals surface area contributed by atoms with E-state index in [1.165, 1.54) is 0 Å². The highest BCUT2D eigenvalue weighted by atomic mass is 35.5. The van der Waals surface area contributed by atoms with Gasteiger partial charge in [0.05, 0.1) is 13.2 Å². The number of hydrogen-bond acceptors (Lipinski definition) is 5. The second-order valence-electron chi connectivity index (χ2n) is 3.05. The third-order valence-corrected chi connectivity index (χ3v) is 2.61. The van der Waals surface area contributed by atoms with Gasteiger partial charge in [0.15, 0.2) is 16.1 Å². The fourth-order valence-electron chi connectivity index (χ4n) is 1.30. The Labute approximate surface area is 96.6 Å². The molecule has 0 amide bonds. The fraction of sp³-hybridized carbons (Fsp3) is 0.500. The number of aromatic hydroxyl groups is 1. The van der Waals surface area contributed by atoms with Crippen molar-refractivity contribution in [3.8, 4) is 5.75 Å². The molecule has 0 bridgehead atoms. The van der Waals surface area contributed by atoms with Gasteiger partial charge in [-0.3, -0.25) is 0 Å².